The number of nitrogens with zero attached hydrogens (tertiary/aromatic N) is 2. The van der Waals surface area contributed by atoms with Crippen LogP contribution in [0.15, 0.2) is 36.8 Å². The molecule has 1 unspecified atom stereocenters. The number of hydrogen-bond acceptors (Lipinski definition) is 2. The highest BCUT2D eigenvalue weighted by Gasteiger charge is 2.18. The SMILES string of the molecule is Cc1ccc(-n2cncc2C(C)C(=O)O)cc1. The van der Waals surface area contributed by atoms with Crippen molar-refractivity contribution in [3.05, 3.63) is 48.0 Å². The Morgan fingerprint density at radius 1 is 1.35 bits per heavy atom. The fourth-order valence-corrected chi connectivity index (χ4v) is 1.67. The van der Waals surface area contributed by atoms with Gasteiger partial charge in [0.1, 0.15) is 0 Å². The minimum Gasteiger partial charge on any atom is -0.481 e. The Morgan fingerprint density at radius 2 is 2.00 bits per heavy atom. The van der Waals surface area contributed by atoms with E-state index in [4.69, 9.17) is 5.11 Å². The molecule has 1 heterocycles. The first-order valence-electron chi connectivity index (χ1n) is 5.41. The van der Waals surface area contributed by atoms with Gasteiger partial charge in [-0.25, -0.2) is 4.98 Å². The van der Waals surface area contributed by atoms with Gasteiger partial charge in [0.25, 0.3) is 0 Å². The number of rotatable bonds is 3. The highest BCUT2D eigenvalue weighted by atomic mass is 16.4. The zero-order chi connectivity index (χ0) is 12.4. The van der Waals surface area contributed by atoms with E-state index in [0.717, 1.165) is 5.69 Å². The van der Waals surface area contributed by atoms with Crippen LogP contribution < -0.4 is 0 Å². The number of aryl methyl sites for hydroxylation is 1. The molecule has 4 heteroatoms. The van der Waals surface area contributed by atoms with E-state index in [1.54, 1.807) is 24.0 Å². The van der Waals surface area contributed by atoms with Gasteiger partial charge >= 0.3 is 5.97 Å². The van der Waals surface area contributed by atoms with Crippen LogP contribution in [0.1, 0.15) is 24.1 Å². The molecular formula is C13H14N2O2. The van der Waals surface area contributed by atoms with Crippen molar-refractivity contribution < 1.29 is 9.90 Å². The average molecular weight is 230 g/mol. The molecule has 88 valence electrons. The number of benzene rings is 1. The van der Waals surface area contributed by atoms with E-state index in [1.807, 2.05) is 31.2 Å². The minimum absolute atomic E-state index is 0.571. The lowest BCUT2D eigenvalue weighted by Gasteiger charge is -2.11. The quantitative estimate of drug-likeness (QED) is 0.880. The van der Waals surface area contributed by atoms with E-state index in [2.05, 4.69) is 4.98 Å². The summed E-state index contributed by atoms with van der Waals surface area (Å²) in [6.45, 7) is 3.67. The van der Waals surface area contributed by atoms with E-state index in [0.29, 0.717) is 5.69 Å². The van der Waals surface area contributed by atoms with Crippen molar-refractivity contribution in [1.82, 2.24) is 9.55 Å². The van der Waals surface area contributed by atoms with Crippen LogP contribution in [-0.4, -0.2) is 20.6 Å². The Balaban J connectivity index is 2.43. The molecule has 0 aliphatic rings. The molecule has 0 radical (unpaired) electrons. The second-order valence-electron chi connectivity index (χ2n) is 4.08. The number of imidazole rings is 1. The Hall–Kier alpha value is -2.10. The maximum absolute atomic E-state index is 11.0. The number of aliphatic carboxylic acids is 1. The number of carboxylic acid groups (broad SMARTS) is 1. The fourth-order valence-electron chi connectivity index (χ4n) is 1.67. The average Bonchev–Trinajstić information content (AvgIpc) is 2.77. The first kappa shape index (κ1) is 11.4. The van der Waals surface area contributed by atoms with Crippen LogP contribution in [0.4, 0.5) is 0 Å². The van der Waals surface area contributed by atoms with Crippen molar-refractivity contribution in [3.8, 4) is 5.69 Å². The number of aromatic nitrogens is 2. The lowest BCUT2D eigenvalue weighted by atomic mass is 10.1. The third kappa shape index (κ3) is 2.20. The van der Waals surface area contributed by atoms with Crippen LogP contribution in [0.2, 0.25) is 0 Å². The normalized spacial score (nSPS) is 12.4. The van der Waals surface area contributed by atoms with E-state index in [-0.39, 0.29) is 0 Å². The van der Waals surface area contributed by atoms with Gasteiger partial charge in [-0.05, 0) is 26.0 Å². The first-order chi connectivity index (χ1) is 8.09. The standard InChI is InChI=1S/C13H14N2O2/c1-9-3-5-11(6-4-9)15-8-14-7-12(15)10(2)13(16)17/h3-8,10H,1-2H3,(H,16,17). The lowest BCUT2D eigenvalue weighted by molar-refractivity contribution is -0.138. The summed E-state index contributed by atoms with van der Waals surface area (Å²) in [5, 5.41) is 9.03. The fraction of sp³-hybridized carbons (Fsp3) is 0.231. The second-order valence-corrected chi connectivity index (χ2v) is 4.08. The molecule has 0 amide bonds. The van der Waals surface area contributed by atoms with Gasteiger partial charge in [0, 0.05) is 11.9 Å². The van der Waals surface area contributed by atoms with Gasteiger partial charge in [0.05, 0.1) is 17.9 Å². The highest BCUT2D eigenvalue weighted by Crippen LogP contribution is 2.19. The minimum atomic E-state index is -0.848. The molecule has 0 aliphatic heterocycles. The molecule has 1 aromatic carbocycles. The van der Waals surface area contributed by atoms with Gasteiger partial charge in [-0.3, -0.25) is 4.79 Å². The van der Waals surface area contributed by atoms with Gasteiger partial charge in [0.15, 0.2) is 0 Å². The third-order valence-electron chi connectivity index (χ3n) is 2.79. The van der Waals surface area contributed by atoms with Gasteiger partial charge in [-0.1, -0.05) is 17.7 Å². The van der Waals surface area contributed by atoms with E-state index in [1.165, 1.54) is 5.56 Å². The van der Waals surface area contributed by atoms with Crippen LogP contribution in [0.25, 0.3) is 5.69 Å². The molecule has 0 spiro atoms. The van der Waals surface area contributed by atoms with Crippen molar-refractivity contribution in [1.29, 1.82) is 0 Å². The molecule has 0 bridgehead atoms. The molecule has 1 N–H and O–H groups in total. The lowest BCUT2D eigenvalue weighted by Crippen LogP contribution is -2.11. The van der Waals surface area contributed by atoms with Gasteiger partial charge < -0.3 is 9.67 Å². The molecule has 2 aromatic rings. The monoisotopic (exact) mass is 230 g/mol. The van der Waals surface area contributed by atoms with Crippen molar-refractivity contribution in [2.45, 2.75) is 19.8 Å². The number of hydrogen-bond donors (Lipinski definition) is 1. The van der Waals surface area contributed by atoms with Crippen LogP contribution in [0, 0.1) is 6.92 Å². The van der Waals surface area contributed by atoms with Crippen LogP contribution >= 0.6 is 0 Å². The summed E-state index contributed by atoms with van der Waals surface area (Å²) in [5.74, 6) is -1.42. The Kier molecular flexibility index (Phi) is 2.95. The van der Waals surface area contributed by atoms with Gasteiger partial charge in [-0.15, -0.1) is 0 Å². The summed E-state index contributed by atoms with van der Waals surface area (Å²) >= 11 is 0. The van der Waals surface area contributed by atoms with E-state index >= 15 is 0 Å². The van der Waals surface area contributed by atoms with Crippen molar-refractivity contribution in [2.24, 2.45) is 0 Å². The summed E-state index contributed by atoms with van der Waals surface area (Å²) in [4.78, 5) is 15.0. The number of carbonyl (C=O) groups is 1. The zero-order valence-electron chi connectivity index (χ0n) is 9.79. The summed E-state index contributed by atoms with van der Waals surface area (Å²) in [5.41, 5.74) is 2.78. The molecule has 17 heavy (non-hydrogen) atoms. The Bertz CT molecular complexity index is 529. The summed E-state index contributed by atoms with van der Waals surface area (Å²) in [7, 11) is 0. The molecule has 1 aromatic heterocycles. The smallest absolute Gasteiger partial charge is 0.312 e. The molecule has 0 saturated heterocycles. The van der Waals surface area contributed by atoms with Crippen molar-refractivity contribution in [3.63, 3.8) is 0 Å². The maximum atomic E-state index is 11.0. The van der Waals surface area contributed by atoms with Crippen LogP contribution in [0.3, 0.4) is 0 Å². The predicted molar refractivity (Wildman–Crippen MR) is 64.4 cm³/mol. The Morgan fingerprint density at radius 3 is 2.59 bits per heavy atom. The van der Waals surface area contributed by atoms with Crippen LogP contribution in [0.5, 0.6) is 0 Å². The topological polar surface area (TPSA) is 55.1 Å². The van der Waals surface area contributed by atoms with E-state index < -0.39 is 11.9 Å². The van der Waals surface area contributed by atoms with Crippen LogP contribution in [-0.2, 0) is 4.79 Å². The molecule has 0 aliphatic carbocycles. The second kappa shape index (κ2) is 4.41. The predicted octanol–water partition coefficient (Wildman–Crippen LogP) is 2.37. The summed E-state index contributed by atoms with van der Waals surface area (Å²) in [6.07, 6.45) is 3.23. The zero-order valence-corrected chi connectivity index (χ0v) is 9.79. The first-order valence-corrected chi connectivity index (χ1v) is 5.41. The third-order valence-corrected chi connectivity index (χ3v) is 2.79. The van der Waals surface area contributed by atoms with Gasteiger partial charge in [0.2, 0.25) is 0 Å². The molecule has 0 fully saturated rings. The molecule has 1 atom stereocenters. The number of carboxylic acids is 1. The molecule has 0 saturated carbocycles. The largest absolute Gasteiger partial charge is 0.481 e. The van der Waals surface area contributed by atoms with Crippen molar-refractivity contribution >= 4 is 5.97 Å². The van der Waals surface area contributed by atoms with Gasteiger partial charge in [-0.2, -0.15) is 0 Å². The maximum Gasteiger partial charge on any atom is 0.312 e. The summed E-state index contributed by atoms with van der Waals surface area (Å²) in [6, 6.07) is 7.89. The van der Waals surface area contributed by atoms with E-state index in [9.17, 15) is 4.79 Å². The summed E-state index contributed by atoms with van der Waals surface area (Å²) < 4.78 is 1.80. The molecule has 4 nitrogen and oxygen atoms in total. The molecule has 2 rings (SSSR count). The highest BCUT2D eigenvalue weighted by molar-refractivity contribution is 5.75. The van der Waals surface area contributed by atoms with Crippen molar-refractivity contribution in [2.75, 3.05) is 0 Å². The molecular weight excluding hydrogens is 216 g/mol. The Labute approximate surface area is 99.5 Å².